The molecule has 35 heavy (non-hydrogen) atoms. The average molecular weight is 473 g/mol. The Morgan fingerprint density at radius 2 is 1.66 bits per heavy atom. The van der Waals surface area contributed by atoms with Crippen molar-refractivity contribution in [3.8, 4) is 16.9 Å². The van der Waals surface area contributed by atoms with Crippen LogP contribution in [0.4, 0.5) is 17.3 Å². The van der Waals surface area contributed by atoms with Crippen molar-refractivity contribution in [2.75, 3.05) is 37.8 Å². The molecule has 0 unspecified atom stereocenters. The summed E-state index contributed by atoms with van der Waals surface area (Å²) < 4.78 is 0. The Morgan fingerprint density at radius 1 is 0.914 bits per heavy atom. The summed E-state index contributed by atoms with van der Waals surface area (Å²) in [5.74, 6) is 1.38. The van der Waals surface area contributed by atoms with Crippen molar-refractivity contribution in [3.05, 3.63) is 82.4 Å². The van der Waals surface area contributed by atoms with Gasteiger partial charge in [0.1, 0.15) is 5.75 Å². The molecule has 0 bridgehead atoms. The molecule has 0 aliphatic heterocycles. The third kappa shape index (κ3) is 6.21. The summed E-state index contributed by atoms with van der Waals surface area (Å²) in [4.78, 5) is 22.2. The Morgan fingerprint density at radius 3 is 2.40 bits per heavy atom. The van der Waals surface area contributed by atoms with E-state index >= 15 is 0 Å². The van der Waals surface area contributed by atoms with Crippen molar-refractivity contribution in [3.63, 3.8) is 0 Å². The van der Waals surface area contributed by atoms with Crippen LogP contribution in [-0.4, -0.2) is 52.1 Å². The fourth-order valence-electron chi connectivity index (χ4n) is 3.71. The molecule has 0 saturated heterocycles. The number of fused-ring (bicyclic) bond motifs is 1. The van der Waals surface area contributed by atoms with Crippen LogP contribution >= 0.6 is 0 Å². The maximum Gasteiger partial charge on any atom is 0.271 e. The van der Waals surface area contributed by atoms with Gasteiger partial charge in [-0.05, 0) is 68.0 Å². The largest absolute Gasteiger partial charge is 0.508 e. The van der Waals surface area contributed by atoms with Gasteiger partial charge in [-0.3, -0.25) is 10.1 Å². The summed E-state index contributed by atoms with van der Waals surface area (Å²) in [5, 5.41) is 27.4. The van der Waals surface area contributed by atoms with Gasteiger partial charge in [-0.25, -0.2) is 9.97 Å². The number of non-ortho nitro benzene ring substituents is 1. The van der Waals surface area contributed by atoms with E-state index in [1.165, 1.54) is 12.1 Å². The van der Waals surface area contributed by atoms with Crippen LogP contribution in [0.1, 0.15) is 12.0 Å². The van der Waals surface area contributed by atoms with E-state index in [-0.39, 0.29) is 11.4 Å². The Labute approximate surface area is 203 Å². The summed E-state index contributed by atoms with van der Waals surface area (Å²) in [6, 6.07) is 19.7. The minimum absolute atomic E-state index is 0.0166. The van der Waals surface area contributed by atoms with Crippen LogP contribution in [0.3, 0.4) is 0 Å². The Bertz CT molecular complexity index is 1320. The van der Waals surface area contributed by atoms with Gasteiger partial charge in [0.25, 0.3) is 5.69 Å². The molecule has 0 atom stereocenters. The van der Waals surface area contributed by atoms with E-state index in [4.69, 9.17) is 4.98 Å². The standard InChI is InChI=1S/C26H28N6O3/c1-31(2)14-4-13-27-25-26(29-23-12-9-21(32(34)35)16-24(23)30-25)28-17-18-5-3-6-20(15-18)19-7-10-22(33)11-8-19/h3,5-12,15-16,33H,4,13-14,17H2,1-2H3,(H,27,30)(H,28,29). The lowest BCUT2D eigenvalue weighted by Crippen LogP contribution is -2.17. The van der Waals surface area contributed by atoms with Gasteiger partial charge >= 0.3 is 0 Å². The molecule has 1 heterocycles. The molecule has 0 saturated carbocycles. The summed E-state index contributed by atoms with van der Waals surface area (Å²) in [6.45, 7) is 2.13. The number of hydrogen-bond acceptors (Lipinski definition) is 8. The summed E-state index contributed by atoms with van der Waals surface area (Å²) >= 11 is 0. The number of aromatic nitrogens is 2. The normalized spacial score (nSPS) is 11.1. The number of benzene rings is 3. The van der Waals surface area contributed by atoms with Crippen LogP contribution in [0.2, 0.25) is 0 Å². The molecule has 9 nitrogen and oxygen atoms in total. The van der Waals surface area contributed by atoms with Crippen molar-refractivity contribution in [1.29, 1.82) is 0 Å². The third-order valence-electron chi connectivity index (χ3n) is 5.52. The fraction of sp³-hybridized carbons (Fsp3) is 0.231. The highest BCUT2D eigenvalue weighted by molar-refractivity contribution is 5.82. The molecule has 0 radical (unpaired) electrons. The predicted molar refractivity (Wildman–Crippen MR) is 139 cm³/mol. The molecule has 0 aliphatic carbocycles. The van der Waals surface area contributed by atoms with Gasteiger partial charge in [-0.1, -0.05) is 30.3 Å². The molecular weight excluding hydrogens is 444 g/mol. The molecule has 0 amide bonds. The monoisotopic (exact) mass is 472 g/mol. The molecule has 4 aromatic rings. The van der Waals surface area contributed by atoms with E-state index in [0.717, 1.165) is 29.7 Å². The zero-order valence-corrected chi connectivity index (χ0v) is 19.7. The number of rotatable bonds is 10. The Balaban J connectivity index is 1.57. The van der Waals surface area contributed by atoms with Gasteiger partial charge in [0.2, 0.25) is 0 Å². The smallest absolute Gasteiger partial charge is 0.271 e. The first kappa shape index (κ1) is 23.9. The third-order valence-corrected chi connectivity index (χ3v) is 5.52. The molecule has 4 rings (SSSR count). The molecule has 0 fully saturated rings. The van der Waals surface area contributed by atoms with Crippen LogP contribution in [0.15, 0.2) is 66.7 Å². The van der Waals surface area contributed by atoms with Gasteiger partial charge in [0, 0.05) is 25.2 Å². The number of aromatic hydroxyl groups is 1. The lowest BCUT2D eigenvalue weighted by atomic mass is 10.0. The van der Waals surface area contributed by atoms with Crippen LogP contribution in [0.25, 0.3) is 22.2 Å². The van der Waals surface area contributed by atoms with Crippen LogP contribution in [-0.2, 0) is 6.54 Å². The van der Waals surface area contributed by atoms with Crippen molar-refractivity contribution in [2.24, 2.45) is 0 Å². The second kappa shape index (κ2) is 10.8. The lowest BCUT2D eigenvalue weighted by Gasteiger charge is -2.15. The first-order valence-electron chi connectivity index (χ1n) is 11.4. The number of anilines is 2. The highest BCUT2D eigenvalue weighted by Crippen LogP contribution is 2.26. The van der Waals surface area contributed by atoms with Gasteiger partial charge in [-0.2, -0.15) is 0 Å². The zero-order valence-electron chi connectivity index (χ0n) is 19.7. The molecular formula is C26H28N6O3. The van der Waals surface area contributed by atoms with E-state index in [1.54, 1.807) is 18.2 Å². The lowest BCUT2D eigenvalue weighted by molar-refractivity contribution is -0.384. The number of phenols is 1. The summed E-state index contributed by atoms with van der Waals surface area (Å²) in [7, 11) is 4.04. The number of nitro groups is 1. The van der Waals surface area contributed by atoms with E-state index < -0.39 is 4.92 Å². The molecule has 9 heteroatoms. The Kier molecular flexibility index (Phi) is 7.37. The van der Waals surface area contributed by atoms with Crippen molar-refractivity contribution < 1.29 is 10.0 Å². The highest BCUT2D eigenvalue weighted by Gasteiger charge is 2.13. The second-order valence-electron chi connectivity index (χ2n) is 8.54. The maximum absolute atomic E-state index is 11.2. The number of hydrogen-bond donors (Lipinski definition) is 3. The molecule has 0 aliphatic rings. The molecule has 3 N–H and O–H groups in total. The fourth-order valence-corrected chi connectivity index (χ4v) is 3.71. The summed E-state index contributed by atoms with van der Waals surface area (Å²) in [5.41, 5.74) is 4.14. The van der Waals surface area contributed by atoms with Crippen molar-refractivity contribution >= 4 is 28.4 Å². The summed E-state index contributed by atoms with van der Waals surface area (Å²) in [6.07, 6.45) is 0.912. The van der Waals surface area contributed by atoms with E-state index in [2.05, 4.69) is 26.6 Å². The number of nitro benzene ring substituents is 1. The van der Waals surface area contributed by atoms with Gasteiger partial charge in [-0.15, -0.1) is 0 Å². The predicted octanol–water partition coefficient (Wildman–Crippen LogP) is 4.89. The van der Waals surface area contributed by atoms with Crippen LogP contribution < -0.4 is 10.6 Å². The van der Waals surface area contributed by atoms with Gasteiger partial charge in [0.15, 0.2) is 11.6 Å². The average Bonchev–Trinajstić information content (AvgIpc) is 2.85. The minimum atomic E-state index is -0.432. The molecule has 0 spiro atoms. The van der Waals surface area contributed by atoms with Gasteiger partial charge in [0.05, 0.1) is 16.0 Å². The quantitative estimate of drug-likeness (QED) is 0.170. The van der Waals surface area contributed by atoms with E-state index in [0.29, 0.717) is 35.8 Å². The first-order valence-corrected chi connectivity index (χ1v) is 11.4. The van der Waals surface area contributed by atoms with Crippen molar-refractivity contribution in [2.45, 2.75) is 13.0 Å². The Hall–Kier alpha value is -4.24. The van der Waals surface area contributed by atoms with E-state index in [9.17, 15) is 15.2 Å². The number of nitrogens with one attached hydrogen (secondary N) is 2. The van der Waals surface area contributed by atoms with Gasteiger partial charge < -0.3 is 20.6 Å². The zero-order chi connectivity index (χ0) is 24.8. The first-order chi connectivity index (χ1) is 16.9. The highest BCUT2D eigenvalue weighted by atomic mass is 16.6. The number of phenolic OH excluding ortho intramolecular Hbond substituents is 1. The molecule has 180 valence electrons. The van der Waals surface area contributed by atoms with Crippen LogP contribution in [0, 0.1) is 10.1 Å². The van der Waals surface area contributed by atoms with Crippen molar-refractivity contribution in [1.82, 2.24) is 14.9 Å². The second-order valence-corrected chi connectivity index (χ2v) is 8.54. The van der Waals surface area contributed by atoms with Crippen LogP contribution in [0.5, 0.6) is 5.75 Å². The molecule has 1 aromatic heterocycles. The SMILES string of the molecule is CN(C)CCCNc1nc2cc([N+](=O)[O-])ccc2nc1NCc1cccc(-c2ccc(O)cc2)c1. The maximum atomic E-state index is 11.2. The minimum Gasteiger partial charge on any atom is -0.508 e. The molecule has 3 aromatic carbocycles. The topological polar surface area (TPSA) is 116 Å². The van der Waals surface area contributed by atoms with E-state index in [1.807, 2.05) is 44.4 Å². The number of nitrogens with zero attached hydrogens (tertiary/aromatic N) is 4.